The Kier molecular flexibility index (Phi) is 4.83. The fourth-order valence-corrected chi connectivity index (χ4v) is 2.49. The maximum Gasteiger partial charge on any atom is 0.255 e. The number of rotatable bonds is 3. The normalized spacial score (nSPS) is 10.4. The highest BCUT2D eigenvalue weighted by molar-refractivity contribution is 6.42. The van der Waals surface area contributed by atoms with E-state index in [0.29, 0.717) is 22.0 Å². The first-order valence-corrected chi connectivity index (χ1v) is 6.75. The number of hydrogen-bond donors (Lipinski definition) is 2. The van der Waals surface area contributed by atoms with Crippen LogP contribution in [0.1, 0.15) is 16.1 Å². The number of nitrogens with two attached hydrogens (primary N) is 1. The summed E-state index contributed by atoms with van der Waals surface area (Å²) in [7, 11) is 0. The van der Waals surface area contributed by atoms with Crippen LogP contribution in [-0.2, 0) is 6.54 Å². The van der Waals surface area contributed by atoms with Crippen molar-refractivity contribution in [3.8, 4) is 0 Å². The lowest BCUT2D eigenvalue weighted by atomic mass is 10.2. The molecule has 104 valence electrons. The van der Waals surface area contributed by atoms with E-state index < -0.39 is 0 Å². The quantitative estimate of drug-likeness (QED) is 0.900. The summed E-state index contributed by atoms with van der Waals surface area (Å²) in [6.07, 6.45) is 1.52. The Morgan fingerprint density at radius 1 is 1.20 bits per heavy atom. The third-order valence-corrected chi connectivity index (χ3v) is 3.35. The maximum atomic E-state index is 12.1. The lowest BCUT2D eigenvalue weighted by Crippen LogP contribution is -2.14. The molecule has 1 amide bonds. The van der Waals surface area contributed by atoms with Crippen LogP contribution in [0.5, 0.6) is 0 Å². The Bertz CT molecular complexity index is 638. The summed E-state index contributed by atoms with van der Waals surface area (Å²) in [6, 6.07) is 6.18. The zero-order valence-electron chi connectivity index (χ0n) is 10.2. The molecule has 0 saturated carbocycles. The second-order valence-corrected chi connectivity index (χ2v) is 5.19. The number of aromatic nitrogens is 1. The van der Waals surface area contributed by atoms with Gasteiger partial charge in [0.2, 0.25) is 0 Å². The molecule has 4 nitrogen and oxygen atoms in total. The van der Waals surface area contributed by atoms with E-state index in [2.05, 4.69) is 10.3 Å². The van der Waals surface area contributed by atoms with Crippen molar-refractivity contribution in [2.75, 3.05) is 5.32 Å². The van der Waals surface area contributed by atoms with Crippen LogP contribution in [0, 0.1) is 0 Å². The molecule has 0 aliphatic rings. The second kappa shape index (κ2) is 6.41. The van der Waals surface area contributed by atoms with E-state index in [1.165, 1.54) is 18.3 Å². The molecular formula is C13H10Cl3N3O. The highest BCUT2D eigenvalue weighted by Crippen LogP contribution is 2.33. The first-order chi connectivity index (χ1) is 9.51. The van der Waals surface area contributed by atoms with Gasteiger partial charge in [-0.3, -0.25) is 9.78 Å². The van der Waals surface area contributed by atoms with Crippen LogP contribution in [0.2, 0.25) is 15.1 Å². The molecule has 1 aromatic carbocycles. The summed E-state index contributed by atoms with van der Waals surface area (Å²) in [5.41, 5.74) is 6.83. The standard InChI is InChI=1S/C13H10Cl3N3O/c14-8-4-10(15)12(11(16)5-8)19-13(20)7-1-2-18-9(3-7)6-17/h1-5H,6,17H2,(H,19,20). The number of pyridine rings is 1. The largest absolute Gasteiger partial charge is 0.325 e. The summed E-state index contributed by atoms with van der Waals surface area (Å²) in [5, 5.41) is 3.57. The summed E-state index contributed by atoms with van der Waals surface area (Å²) >= 11 is 17.8. The van der Waals surface area contributed by atoms with Crippen molar-refractivity contribution in [1.82, 2.24) is 4.98 Å². The highest BCUT2D eigenvalue weighted by Gasteiger charge is 2.13. The van der Waals surface area contributed by atoms with Gasteiger partial charge < -0.3 is 11.1 Å². The molecule has 0 radical (unpaired) electrons. The van der Waals surface area contributed by atoms with Gasteiger partial charge in [0.05, 0.1) is 21.4 Å². The Morgan fingerprint density at radius 2 is 1.85 bits per heavy atom. The van der Waals surface area contributed by atoms with Gasteiger partial charge in [-0.25, -0.2) is 0 Å². The highest BCUT2D eigenvalue weighted by atomic mass is 35.5. The molecule has 1 heterocycles. The number of carbonyl (C=O) groups excluding carboxylic acids is 1. The molecule has 0 aliphatic carbocycles. The van der Waals surface area contributed by atoms with Crippen molar-refractivity contribution >= 4 is 46.4 Å². The summed E-state index contributed by atoms with van der Waals surface area (Å²) in [4.78, 5) is 16.2. The lowest BCUT2D eigenvalue weighted by molar-refractivity contribution is 0.102. The van der Waals surface area contributed by atoms with Crippen LogP contribution in [0.4, 0.5) is 5.69 Å². The van der Waals surface area contributed by atoms with E-state index in [-0.39, 0.29) is 22.5 Å². The van der Waals surface area contributed by atoms with Gasteiger partial charge in [-0.1, -0.05) is 34.8 Å². The third kappa shape index (κ3) is 3.41. The number of nitrogens with one attached hydrogen (secondary N) is 1. The fraction of sp³-hybridized carbons (Fsp3) is 0.0769. The van der Waals surface area contributed by atoms with Crippen molar-refractivity contribution in [1.29, 1.82) is 0 Å². The predicted molar refractivity (Wildman–Crippen MR) is 81.6 cm³/mol. The Balaban J connectivity index is 2.28. The Labute approximate surface area is 130 Å². The molecule has 1 aromatic heterocycles. The number of hydrogen-bond acceptors (Lipinski definition) is 3. The van der Waals surface area contributed by atoms with E-state index in [0.717, 1.165) is 0 Å². The van der Waals surface area contributed by atoms with Gasteiger partial charge in [0.1, 0.15) is 0 Å². The number of anilines is 1. The lowest BCUT2D eigenvalue weighted by Gasteiger charge is -2.10. The number of nitrogens with zero attached hydrogens (tertiary/aromatic N) is 1. The molecule has 0 fully saturated rings. The Hall–Kier alpha value is -1.33. The zero-order valence-corrected chi connectivity index (χ0v) is 12.4. The minimum Gasteiger partial charge on any atom is -0.325 e. The van der Waals surface area contributed by atoms with E-state index in [1.807, 2.05) is 0 Å². The van der Waals surface area contributed by atoms with Crippen molar-refractivity contribution in [2.45, 2.75) is 6.54 Å². The van der Waals surface area contributed by atoms with Crippen molar-refractivity contribution in [3.05, 3.63) is 56.8 Å². The number of halogens is 3. The first-order valence-electron chi connectivity index (χ1n) is 5.62. The molecule has 2 rings (SSSR count). The molecule has 3 N–H and O–H groups in total. The van der Waals surface area contributed by atoms with E-state index in [1.54, 1.807) is 12.1 Å². The molecule has 0 bridgehead atoms. The molecule has 0 unspecified atom stereocenters. The molecule has 20 heavy (non-hydrogen) atoms. The molecule has 0 aliphatic heterocycles. The first kappa shape index (κ1) is 15.1. The molecule has 0 spiro atoms. The van der Waals surface area contributed by atoms with Crippen LogP contribution >= 0.6 is 34.8 Å². The Morgan fingerprint density at radius 3 is 2.45 bits per heavy atom. The van der Waals surface area contributed by atoms with Gasteiger partial charge in [0, 0.05) is 23.3 Å². The average molecular weight is 331 g/mol. The van der Waals surface area contributed by atoms with Gasteiger partial charge in [-0.15, -0.1) is 0 Å². The maximum absolute atomic E-state index is 12.1. The summed E-state index contributed by atoms with van der Waals surface area (Å²) < 4.78 is 0. The minimum atomic E-state index is -0.353. The van der Waals surface area contributed by atoms with Crippen LogP contribution in [-0.4, -0.2) is 10.9 Å². The summed E-state index contributed by atoms with van der Waals surface area (Å²) in [6.45, 7) is 0.254. The van der Waals surface area contributed by atoms with E-state index in [9.17, 15) is 4.79 Å². The zero-order chi connectivity index (χ0) is 14.7. The van der Waals surface area contributed by atoms with Gasteiger partial charge in [0.15, 0.2) is 0 Å². The average Bonchev–Trinajstić information content (AvgIpc) is 2.42. The smallest absolute Gasteiger partial charge is 0.255 e. The van der Waals surface area contributed by atoms with Crippen LogP contribution in [0.25, 0.3) is 0 Å². The molecule has 0 saturated heterocycles. The molecule has 7 heteroatoms. The minimum absolute atomic E-state index is 0.254. The van der Waals surface area contributed by atoms with Crippen LogP contribution in [0.3, 0.4) is 0 Å². The van der Waals surface area contributed by atoms with Gasteiger partial charge in [-0.05, 0) is 24.3 Å². The van der Waals surface area contributed by atoms with E-state index >= 15 is 0 Å². The molecular weight excluding hydrogens is 321 g/mol. The van der Waals surface area contributed by atoms with Crippen LogP contribution in [0.15, 0.2) is 30.5 Å². The van der Waals surface area contributed by atoms with Crippen molar-refractivity contribution in [2.24, 2.45) is 5.73 Å². The fourth-order valence-electron chi connectivity index (χ4n) is 1.58. The van der Waals surface area contributed by atoms with Crippen molar-refractivity contribution in [3.63, 3.8) is 0 Å². The monoisotopic (exact) mass is 329 g/mol. The van der Waals surface area contributed by atoms with Crippen molar-refractivity contribution < 1.29 is 4.79 Å². The molecule has 2 aromatic rings. The van der Waals surface area contributed by atoms with Gasteiger partial charge >= 0.3 is 0 Å². The molecule has 0 atom stereocenters. The van der Waals surface area contributed by atoms with Gasteiger partial charge in [-0.2, -0.15) is 0 Å². The summed E-state index contributed by atoms with van der Waals surface area (Å²) in [5.74, 6) is -0.353. The van der Waals surface area contributed by atoms with Gasteiger partial charge in [0.25, 0.3) is 5.91 Å². The second-order valence-electron chi connectivity index (χ2n) is 3.94. The number of benzene rings is 1. The van der Waals surface area contributed by atoms with E-state index in [4.69, 9.17) is 40.5 Å². The number of carbonyl (C=O) groups is 1. The SMILES string of the molecule is NCc1cc(C(=O)Nc2c(Cl)cc(Cl)cc2Cl)ccn1. The number of amides is 1. The van der Waals surface area contributed by atoms with Crippen LogP contribution < -0.4 is 11.1 Å². The third-order valence-electron chi connectivity index (χ3n) is 2.53. The topological polar surface area (TPSA) is 68.0 Å². The predicted octanol–water partition coefficient (Wildman–Crippen LogP) is 3.75.